The highest BCUT2D eigenvalue weighted by Gasteiger charge is 2.34. The third kappa shape index (κ3) is 3.76. The van der Waals surface area contributed by atoms with E-state index in [1.54, 1.807) is 0 Å². The first-order valence-electron chi connectivity index (χ1n) is 9.02. The summed E-state index contributed by atoms with van der Waals surface area (Å²) in [6, 6.07) is 38.3. The molecule has 0 aliphatic carbocycles. The van der Waals surface area contributed by atoms with Gasteiger partial charge in [0.2, 0.25) is 0 Å². The van der Waals surface area contributed by atoms with E-state index in [0.717, 1.165) is 15.4 Å². The molecule has 0 N–H and O–H groups in total. The van der Waals surface area contributed by atoms with Crippen molar-refractivity contribution < 1.29 is 4.21 Å². The molecule has 0 atom stereocenters. The molecule has 4 aromatic carbocycles. The van der Waals surface area contributed by atoms with Gasteiger partial charge in [0.15, 0.2) is 19.7 Å². The SMILES string of the molecule is O=[S+](Cc1ccc(-c2ccccc2)cc1)(c1ccccc1)c1ccccc1. The lowest BCUT2D eigenvalue weighted by molar-refractivity contribution is 0.583. The molecule has 0 spiro atoms. The molecule has 0 bridgehead atoms. The number of benzene rings is 4. The molecular weight excluding hydrogens is 348 g/mol. The van der Waals surface area contributed by atoms with E-state index in [1.165, 1.54) is 11.1 Å². The number of hydrogen-bond acceptors (Lipinski definition) is 1. The molecule has 4 aromatic rings. The fourth-order valence-corrected chi connectivity index (χ4v) is 5.70. The summed E-state index contributed by atoms with van der Waals surface area (Å²) in [5.74, 6) is 0.496. The average molecular weight is 370 g/mol. The Morgan fingerprint density at radius 1 is 0.481 bits per heavy atom. The summed E-state index contributed by atoms with van der Waals surface area (Å²) in [7, 11) is -2.38. The van der Waals surface area contributed by atoms with Gasteiger partial charge in [-0.3, -0.25) is 0 Å². The van der Waals surface area contributed by atoms with Crippen LogP contribution in [-0.4, -0.2) is 0 Å². The zero-order chi connectivity index (χ0) is 18.5. The molecule has 0 radical (unpaired) electrons. The van der Waals surface area contributed by atoms with E-state index in [9.17, 15) is 4.21 Å². The molecule has 0 aliphatic rings. The normalized spacial score (nSPS) is 11.3. The van der Waals surface area contributed by atoms with Crippen molar-refractivity contribution in [2.75, 3.05) is 0 Å². The summed E-state index contributed by atoms with van der Waals surface area (Å²) >= 11 is 0. The molecule has 1 nitrogen and oxygen atoms in total. The molecule has 0 amide bonds. The first kappa shape index (κ1) is 17.4. The Labute approximate surface area is 161 Å². The Kier molecular flexibility index (Phi) is 4.99. The standard InChI is InChI=1S/C25H21OS/c26-27(24-12-6-2-7-13-24,25-14-8-3-9-15-25)20-21-16-18-23(19-17-21)22-10-4-1-5-11-22/h1-19H,20H2/q+1. The van der Waals surface area contributed by atoms with Gasteiger partial charge in [-0.2, -0.15) is 0 Å². The van der Waals surface area contributed by atoms with Crippen molar-refractivity contribution in [1.29, 1.82) is 0 Å². The van der Waals surface area contributed by atoms with E-state index in [4.69, 9.17) is 0 Å². The lowest BCUT2D eigenvalue weighted by atomic mass is 10.0. The van der Waals surface area contributed by atoms with Gasteiger partial charge in [-0.1, -0.05) is 95.2 Å². The first-order chi connectivity index (χ1) is 13.3. The van der Waals surface area contributed by atoms with Crippen LogP contribution in [-0.2, 0) is 19.9 Å². The highest BCUT2D eigenvalue weighted by molar-refractivity contribution is 8.02. The fourth-order valence-electron chi connectivity index (χ4n) is 3.24. The number of rotatable bonds is 5. The lowest BCUT2D eigenvalue weighted by Gasteiger charge is -2.13. The Hall–Kier alpha value is -2.97. The van der Waals surface area contributed by atoms with Crippen molar-refractivity contribution in [3.8, 4) is 11.1 Å². The van der Waals surface area contributed by atoms with E-state index in [1.807, 2.05) is 78.9 Å². The summed E-state index contributed by atoms with van der Waals surface area (Å²) in [6.45, 7) is 0. The van der Waals surface area contributed by atoms with Gasteiger partial charge in [0, 0.05) is 5.56 Å². The van der Waals surface area contributed by atoms with Gasteiger partial charge in [-0.05, 0) is 35.4 Å². The third-order valence-corrected chi connectivity index (χ3v) is 7.49. The minimum atomic E-state index is -2.38. The van der Waals surface area contributed by atoms with E-state index < -0.39 is 9.93 Å². The average Bonchev–Trinajstić information content (AvgIpc) is 2.76. The van der Waals surface area contributed by atoms with Crippen LogP contribution in [0.2, 0.25) is 0 Å². The van der Waals surface area contributed by atoms with E-state index in [-0.39, 0.29) is 0 Å². The fraction of sp³-hybridized carbons (Fsp3) is 0.0400. The molecule has 0 aliphatic heterocycles. The van der Waals surface area contributed by atoms with Gasteiger partial charge in [-0.15, -0.1) is 0 Å². The molecule has 2 heteroatoms. The molecule has 132 valence electrons. The van der Waals surface area contributed by atoms with E-state index >= 15 is 0 Å². The molecule has 0 heterocycles. The van der Waals surface area contributed by atoms with Gasteiger partial charge in [0.05, 0.1) is 0 Å². The van der Waals surface area contributed by atoms with Crippen LogP contribution in [0, 0.1) is 0 Å². The van der Waals surface area contributed by atoms with Crippen LogP contribution in [0.1, 0.15) is 5.56 Å². The van der Waals surface area contributed by atoms with Crippen LogP contribution < -0.4 is 0 Å². The van der Waals surface area contributed by atoms with Crippen LogP contribution in [0.25, 0.3) is 11.1 Å². The first-order valence-corrected chi connectivity index (χ1v) is 10.7. The molecule has 0 fully saturated rings. The van der Waals surface area contributed by atoms with Crippen molar-refractivity contribution in [3.05, 3.63) is 121 Å². The second kappa shape index (κ2) is 7.73. The highest BCUT2D eigenvalue weighted by atomic mass is 32.2. The molecule has 0 aromatic heterocycles. The summed E-state index contributed by atoms with van der Waals surface area (Å²) in [5, 5.41) is 0. The summed E-state index contributed by atoms with van der Waals surface area (Å²) in [6.07, 6.45) is 0. The second-order valence-electron chi connectivity index (χ2n) is 6.51. The maximum atomic E-state index is 14.1. The second-order valence-corrected chi connectivity index (χ2v) is 9.09. The molecule has 0 unspecified atom stereocenters. The quantitative estimate of drug-likeness (QED) is 0.368. The Morgan fingerprint density at radius 3 is 1.37 bits per heavy atom. The minimum absolute atomic E-state index is 0.496. The van der Waals surface area contributed by atoms with Crippen molar-refractivity contribution in [1.82, 2.24) is 0 Å². The Morgan fingerprint density at radius 2 is 0.889 bits per heavy atom. The lowest BCUT2D eigenvalue weighted by Crippen LogP contribution is -2.15. The Bertz CT molecular complexity index is 996. The van der Waals surface area contributed by atoms with Gasteiger partial charge >= 0.3 is 0 Å². The monoisotopic (exact) mass is 369 g/mol. The molecule has 0 saturated heterocycles. The van der Waals surface area contributed by atoms with Crippen molar-refractivity contribution >= 4 is 9.93 Å². The van der Waals surface area contributed by atoms with Crippen LogP contribution in [0.4, 0.5) is 0 Å². The smallest absolute Gasteiger partial charge is 0.0933 e. The number of hydrogen-bond donors (Lipinski definition) is 0. The highest BCUT2D eigenvalue weighted by Crippen LogP contribution is 2.33. The van der Waals surface area contributed by atoms with Crippen LogP contribution in [0.3, 0.4) is 0 Å². The summed E-state index contributed by atoms with van der Waals surface area (Å²) < 4.78 is 14.1. The maximum absolute atomic E-state index is 14.1. The van der Waals surface area contributed by atoms with Crippen molar-refractivity contribution in [2.24, 2.45) is 0 Å². The molecule has 4 rings (SSSR count). The largest absolute Gasteiger partial charge is 0.163 e. The zero-order valence-electron chi connectivity index (χ0n) is 15.0. The predicted molar refractivity (Wildman–Crippen MR) is 113 cm³/mol. The maximum Gasteiger partial charge on any atom is 0.163 e. The van der Waals surface area contributed by atoms with Crippen LogP contribution in [0.5, 0.6) is 0 Å². The van der Waals surface area contributed by atoms with E-state index in [0.29, 0.717) is 5.75 Å². The van der Waals surface area contributed by atoms with Gasteiger partial charge in [-0.25, -0.2) is 0 Å². The van der Waals surface area contributed by atoms with Gasteiger partial charge in [0.1, 0.15) is 5.75 Å². The Balaban J connectivity index is 1.70. The van der Waals surface area contributed by atoms with E-state index in [2.05, 4.69) is 36.4 Å². The summed E-state index contributed by atoms with van der Waals surface area (Å²) in [4.78, 5) is 1.76. The van der Waals surface area contributed by atoms with Gasteiger partial charge in [0.25, 0.3) is 0 Å². The topological polar surface area (TPSA) is 17.1 Å². The zero-order valence-corrected chi connectivity index (χ0v) is 15.8. The van der Waals surface area contributed by atoms with Crippen molar-refractivity contribution in [2.45, 2.75) is 15.5 Å². The molecule has 27 heavy (non-hydrogen) atoms. The minimum Gasteiger partial charge on any atom is -0.0933 e. The van der Waals surface area contributed by atoms with Crippen LogP contribution >= 0.6 is 0 Å². The van der Waals surface area contributed by atoms with Gasteiger partial charge < -0.3 is 0 Å². The predicted octanol–water partition coefficient (Wildman–Crippen LogP) is 6.47. The molecule has 0 saturated carbocycles. The molecular formula is C25H21OS+. The van der Waals surface area contributed by atoms with Crippen LogP contribution in [0.15, 0.2) is 125 Å². The van der Waals surface area contributed by atoms with Crippen molar-refractivity contribution in [3.63, 3.8) is 0 Å². The third-order valence-electron chi connectivity index (χ3n) is 4.68. The summed E-state index contributed by atoms with van der Waals surface area (Å²) in [5.41, 5.74) is 3.44.